The van der Waals surface area contributed by atoms with Crippen LogP contribution in [0.15, 0.2) is 83.3 Å². The molecule has 0 aliphatic carbocycles. The van der Waals surface area contributed by atoms with Gasteiger partial charge in [-0.05, 0) is 73.2 Å². The number of carbonyl (C=O) groups is 1. The number of para-hydroxylation sites is 1. The first-order chi connectivity index (χ1) is 17.4. The number of hydrogen-bond donors (Lipinski definition) is 1. The van der Waals surface area contributed by atoms with Gasteiger partial charge in [0.25, 0.3) is 5.69 Å². The van der Waals surface area contributed by atoms with Gasteiger partial charge in [-0.2, -0.15) is 4.80 Å². The predicted octanol–water partition coefficient (Wildman–Crippen LogP) is 5.69. The molecule has 178 valence electrons. The maximum Gasteiger partial charge on any atom is 0.280 e. The van der Waals surface area contributed by atoms with Crippen molar-refractivity contribution in [2.45, 2.75) is 6.92 Å². The van der Waals surface area contributed by atoms with Crippen molar-refractivity contribution in [2.24, 2.45) is 0 Å². The minimum Gasteiger partial charge on any atom is -0.456 e. The summed E-state index contributed by atoms with van der Waals surface area (Å²) in [4.78, 5) is 24.7. The second kappa shape index (κ2) is 9.26. The molecule has 10 heteroatoms. The molecule has 1 N–H and O–H groups in total. The summed E-state index contributed by atoms with van der Waals surface area (Å²) in [7, 11) is 0. The van der Waals surface area contributed by atoms with E-state index in [1.807, 2.05) is 6.92 Å². The zero-order valence-electron chi connectivity index (χ0n) is 18.9. The first kappa shape index (κ1) is 22.7. The van der Waals surface area contributed by atoms with Crippen LogP contribution in [0.4, 0.5) is 15.8 Å². The Morgan fingerprint density at radius 1 is 1.06 bits per heavy atom. The number of fused-ring (bicyclic) bond motifs is 1. The summed E-state index contributed by atoms with van der Waals surface area (Å²) in [5.74, 6) is -0.0517. The average Bonchev–Trinajstić information content (AvgIpc) is 3.50. The number of nitrogens with one attached hydrogen (secondary N) is 1. The minimum atomic E-state index is -0.474. The molecule has 1 amide bonds. The molecule has 0 bridgehead atoms. The van der Waals surface area contributed by atoms with E-state index in [1.54, 1.807) is 54.6 Å². The molecule has 3 aromatic carbocycles. The van der Waals surface area contributed by atoms with Gasteiger partial charge in [-0.3, -0.25) is 14.9 Å². The Morgan fingerprint density at radius 2 is 1.78 bits per heavy atom. The number of nitrogens with zero attached hydrogens (tertiary/aromatic N) is 4. The quantitative estimate of drug-likeness (QED) is 0.188. The van der Waals surface area contributed by atoms with Crippen LogP contribution in [-0.2, 0) is 4.79 Å². The molecule has 0 unspecified atom stereocenters. The molecule has 0 radical (unpaired) electrons. The highest BCUT2D eigenvalue weighted by Gasteiger charge is 2.17. The van der Waals surface area contributed by atoms with Crippen molar-refractivity contribution in [3.8, 4) is 17.0 Å². The summed E-state index contributed by atoms with van der Waals surface area (Å²) < 4.78 is 18.9. The van der Waals surface area contributed by atoms with Crippen molar-refractivity contribution in [3.05, 3.63) is 106 Å². The fourth-order valence-corrected chi connectivity index (χ4v) is 3.65. The normalized spacial score (nSPS) is 11.3. The maximum atomic E-state index is 13.2. The van der Waals surface area contributed by atoms with Crippen molar-refractivity contribution < 1.29 is 18.5 Å². The van der Waals surface area contributed by atoms with Gasteiger partial charge in [-0.25, -0.2) is 4.39 Å². The topological polar surface area (TPSA) is 116 Å². The molecule has 0 aliphatic rings. The molecule has 0 saturated carbocycles. The van der Waals surface area contributed by atoms with E-state index >= 15 is 0 Å². The monoisotopic (exact) mass is 483 g/mol. The molecule has 9 nitrogen and oxygen atoms in total. The van der Waals surface area contributed by atoms with Crippen LogP contribution in [0.5, 0.6) is 0 Å². The lowest BCUT2D eigenvalue weighted by atomic mass is 10.1. The van der Waals surface area contributed by atoms with Crippen LogP contribution in [0.25, 0.3) is 34.1 Å². The van der Waals surface area contributed by atoms with Gasteiger partial charge in [0.2, 0.25) is 5.91 Å². The standard InChI is InChI=1S/C26H18FN5O4/c1-16-14-22-23(30-31(29-22)18-8-6-17(27)7-9-18)15-21(16)28-26(33)13-11-19-10-12-25(36-19)20-4-2-3-5-24(20)32(34)35/h2-15H,1H3,(H,28,33)/b13-11+. The third kappa shape index (κ3) is 4.60. The van der Waals surface area contributed by atoms with Crippen molar-refractivity contribution >= 4 is 34.4 Å². The van der Waals surface area contributed by atoms with E-state index in [-0.39, 0.29) is 11.5 Å². The zero-order valence-corrected chi connectivity index (χ0v) is 18.9. The van der Waals surface area contributed by atoms with Crippen LogP contribution >= 0.6 is 0 Å². The first-order valence-corrected chi connectivity index (χ1v) is 10.8. The summed E-state index contributed by atoms with van der Waals surface area (Å²) in [5.41, 5.74) is 3.42. The van der Waals surface area contributed by atoms with Crippen LogP contribution in [0.3, 0.4) is 0 Å². The molecule has 2 aromatic heterocycles. The van der Waals surface area contributed by atoms with E-state index in [9.17, 15) is 19.3 Å². The van der Waals surface area contributed by atoms with Crippen molar-refractivity contribution in [2.75, 3.05) is 5.32 Å². The number of carbonyl (C=O) groups excluding carboxylic acids is 1. The molecule has 0 fully saturated rings. The Labute approximate surface area is 203 Å². The lowest BCUT2D eigenvalue weighted by Gasteiger charge is -2.05. The maximum absolute atomic E-state index is 13.2. The summed E-state index contributed by atoms with van der Waals surface area (Å²) in [6, 6.07) is 18.8. The second-order valence-corrected chi connectivity index (χ2v) is 7.92. The number of halogens is 1. The molecule has 0 saturated heterocycles. The van der Waals surface area contributed by atoms with Gasteiger partial charge in [0, 0.05) is 17.8 Å². The fourth-order valence-electron chi connectivity index (χ4n) is 3.65. The number of hydrogen-bond acceptors (Lipinski definition) is 6. The van der Waals surface area contributed by atoms with Gasteiger partial charge >= 0.3 is 0 Å². The van der Waals surface area contributed by atoms with Gasteiger partial charge < -0.3 is 9.73 Å². The molecule has 0 atom stereocenters. The van der Waals surface area contributed by atoms with Gasteiger partial charge in [0.1, 0.15) is 28.4 Å². The smallest absolute Gasteiger partial charge is 0.280 e. The van der Waals surface area contributed by atoms with Crippen molar-refractivity contribution in [1.29, 1.82) is 0 Å². The number of aryl methyl sites for hydroxylation is 1. The van der Waals surface area contributed by atoms with E-state index < -0.39 is 10.8 Å². The van der Waals surface area contributed by atoms with E-state index in [0.717, 1.165) is 5.56 Å². The highest BCUT2D eigenvalue weighted by molar-refractivity contribution is 6.03. The minimum absolute atomic E-state index is 0.0673. The summed E-state index contributed by atoms with van der Waals surface area (Å²) >= 11 is 0. The Balaban J connectivity index is 1.32. The van der Waals surface area contributed by atoms with E-state index in [0.29, 0.717) is 39.5 Å². The Bertz CT molecular complexity index is 1640. The summed E-state index contributed by atoms with van der Waals surface area (Å²) in [6.07, 6.45) is 2.79. The zero-order chi connectivity index (χ0) is 25.2. The number of nitro groups is 1. The number of benzene rings is 3. The summed E-state index contributed by atoms with van der Waals surface area (Å²) in [5, 5.41) is 22.9. The Hall–Kier alpha value is -5.12. The lowest BCUT2D eigenvalue weighted by molar-refractivity contribution is -0.384. The Kier molecular flexibility index (Phi) is 5.83. The lowest BCUT2D eigenvalue weighted by Crippen LogP contribution is -2.08. The molecular formula is C26H18FN5O4. The van der Waals surface area contributed by atoms with Crippen LogP contribution < -0.4 is 5.32 Å². The van der Waals surface area contributed by atoms with E-state index in [4.69, 9.17) is 4.42 Å². The summed E-state index contributed by atoms with van der Waals surface area (Å²) in [6.45, 7) is 1.83. The molecule has 0 aliphatic heterocycles. The van der Waals surface area contributed by atoms with E-state index in [2.05, 4.69) is 15.5 Å². The van der Waals surface area contributed by atoms with Crippen LogP contribution in [0.1, 0.15) is 11.3 Å². The molecule has 5 rings (SSSR count). The number of amides is 1. The molecule has 5 aromatic rings. The van der Waals surface area contributed by atoms with Gasteiger partial charge in [0.05, 0.1) is 16.2 Å². The van der Waals surface area contributed by atoms with Gasteiger partial charge in [0.15, 0.2) is 0 Å². The predicted molar refractivity (Wildman–Crippen MR) is 132 cm³/mol. The number of rotatable bonds is 6. The number of aromatic nitrogens is 3. The highest BCUT2D eigenvalue weighted by atomic mass is 19.1. The largest absolute Gasteiger partial charge is 0.456 e. The SMILES string of the molecule is Cc1cc2nn(-c3ccc(F)cc3)nc2cc1NC(=O)/C=C/c1ccc(-c2ccccc2[N+](=O)[O-])o1. The molecule has 36 heavy (non-hydrogen) atoms. The molecule has 2 heterocycles. The van der Waals surface area contributed by atoms with Crippen LogP contribution in [-0.4, -0.2) is 25.8 Å². The highest BCUT2D eigenvalue weighted by Crippen LogP contribution is 2.31. The molecule has 0 spiro atoms. The number of anilines is 1. The molecular weight excluding hydrogens is 465 g/mol. The third-order valence-electron chi connectivity index (χ3n) is 5.43. The Morgan fingerprint density at radius 3 is 2.53 bits per heavy atom. The third-order valence-corrected chi connectivity index (χ3v) is 5.43. The van der Waals surface area contributed by atoms with E-state index in [1.165, 1.54) is 35.1 Å². The van der Waals surface area contributed by atoms with Crippen LogP contribution in [0, 0.1) is 22.9 Å². The van der Waals surface area contributed by atoms with Gasteiger partial charge in [-0.15, -0.1) is 10.2 Å². The average molecular weight is 483 g/mol. The number of furan rings is 1. The second-order valence-electron chi connectivity index (χ2n) is 7.92. The number of nitro benzene ring substituents is 1. The van der Waals surface area contributed by atoms with Crippen LogP contribution in [0.2, 0.25) is 0 Å². The first-order valence-electron chi connectivity index (χ1n) is 10.8. The van der Waals surface area contributed by atoms with Gasteiger partial charge in [-0.1, -0.05) is 12.1 Å². The fraction of sp³-hybridized carbons (Fsp3) is 0.0385. The van der Waals surface area contributed by atoms with Crippen molar-refractivity contribution in [1.82, 2.24) is 15.0 Å². The van der Waals surface area contributed by atoms with Crippen molar-refractivity contribution in [3.63, 3.8) is 0 Å².